The minimum Gasteiger partial charge on any atom is -0.381 e. The second kappa shape index (κ2) is 9.46. The average Bonchev–Trinajstić information content (AvgIpc) is 2.21. The summed E-state index contributed by atoms with van der Waals surface area (Å²) in [6.45, 7) is 6.30. The Balaban J connectivity index is 3.23. The molecule has 0 aliphatic carbocycles. The summed E-state index contributed by atoms with van der Waals surface area (Å²) in [5, 5.41) is 2.84. The third kappa shape index (κ3) is 7.33. The van der Waals surface area contributed by atoms with E-state index in [1.807, 2.05) is 6.92 Å². The number of nitrogens with one attached hydrogen (secondary N) is 1. The van der Waals surface area contributed by atoms with E-state index < -0.39 is 0 Å². The van der Waals surface area contributed by atoms with E-state index in [0.29, 0.717) is 6.54 Å². The average molecular weight is 266 g/mol. The number of hydrogen-bond acceptors (Lipinski definition) is 2. The van der Waals surface area contributed by atoms with Gasteiger partial charge in [-0.25, -0.2) is 0 Å². The summed E-state index contributed by atoms with van der Waals surface area (Å²) in [4.78, 5) is 11.2. The summed E-state index contributed by atoms with van der Waals surface area (Å²) >= 11 is 3.29. The number of hydrogen-bond donors (Lipinski definition) is 1. The van der Waals surface area contributed by atoms with E-state index in [0.717, 1.165) is 32.5 Å². The minimum atomic E-state index is -0.0564. The van der Waals surface area contributed by atoms with E-state index in [4.69, 9.17) is 4.74 Å². The fourth-order valence-electron chi connectivity index (χ4n) is 0.928. The van der Waals surface area contributed by atoms with E-state index >= 15 is 0 Å². The number of carbonyl (C=O) groups excluding carboxylic acids is 1. The zero-order chi connectivity index (χ0) is 10.8. The molecule has 0 aliphatic heterocycles. The number of carbonyl (C=O) groups is 1. The van der Waals surface area contributed by atoms with Crippen molar-refractivity contribution in [1.82, 2.24) is 5.32 Å². The normalized spacial score (nSPS) is 12.5. The van der Waals surface area contributed by atoms with Gasteiger partial charge in [0, 0.05) is 19.8 Å². The summed E-state index contributed by atoms with van der Waals surface area (Å²) in [6.07, 6.45) is 2.75. The van der Waals surface area contributed by atoms with Crippen LogP contribution in [-0.2, 0) is 9.53 Å². The molecule has 4 heteroatoms. The Labute approximate surface area is 94.7 Å². The maximum absolute atomic E-state index is 11.3. The number of alkyl halides is 1. The van der Waals surface area contributed by atoms with Gasteiger partial charge in [0.1, 0.15) is 0 Å². The summed E-state index contributed by atoms with van der Waals surface area (Å²) in [5.41, 5.74) is 0. The second-order valence-corrected chi connectivity index (χ2v) is 4.24. The van der Waals surface area contributed by atoms with E-state index in [9.17, 15) is 4.79 Å². The maximum atomic E-state index is 11.3. The van der Waals surface area contributed by atoms with Crippen molar-refractivity contribution in [3.05, 3.63) is 0 Å². The highest BCUT2D eigenvalue weighted by Gasteiger charge is 2.10. The minimum absolute atomic E-state index is 0.0564. The van der Waals surface area contributed by atoms with Crippen LogP contribution < -0.4 is 5.32 Å². The summed E-state index contributed by atoms with van der Waals surface area (Å²) in [5.74, 6) is 0.0722. The zero-order valence-corrected chi connectivity index (χ0v) is 10.6. The van der Waals surface area contributed by atoms with Crippen molar-refractivity contribution in [2.75, 3.05) is 19.8 Å². The smallest absolute Gasteiger partial charge is 0.233 e. The molecule has 1 atom stereocenters. The van der Waals surface area contributed by atoms with Crippen molar-refractivity contribution in [2.24, 2.45) is 0 Å². The Bertz CT molecular complexity index is 153. The van der Waals surface area contributed by atoms with Crippen LogP contribution in [0.2, 0.25) is 0 Å². The molecule has 0 aromatic carbocycles. The van der Waals surface area contributed by atoms with Crippen molar-refractivity contribution >= 4 is 21.8 Å². The monoisotopic (exact) mass is 265 g/mol. The second-order valence-electron chi connectivity index (χ2n) is 3.13. The van der Waals surface area contributed by atoms with Gasteiger partial charge in [-0.05, 0) is 19.3 Å². The van der Waals surface area contributed by atoms with Crippen LogP contribution >= 0.6 is 15.9 Å². The fraction of sp³-hybridized carbons (Fsp3) is 0.900. The van der Waals surface area contributed by atoms with E-state index in [1.165, 1.54) is 0 Å². The van der Waals surface area contributed by atoms with Crippen LogP contribution in [0.5, 0.6) is 0 Å². The Morgan fingerprint density at radius 2 is 2.14 bits per heavy atom. The van der Waals surface area contributed by atoms with Crippen molar-refractivity contribution < 1.29 is 9.53 Å². The largest absolute Gasteiger partial charge is 0.381 e. The molecular formula is C10H20BrNO2. The molecule has 0 bridgehead atoms. The van der Waals surface area contributed by atoms with Crippen molar-refractivity contribution in [2.45, 2.75) is 37.9 Å². The van der Waals surface area contributed by atoms with Gasteiger partial charge in [0.2, 0.25) is 5.91 Å². The van der Waals surface area contributed by atoms with Crippen molar-refractivity contribution in [3.63, 3.8) is 0 Å². The maximum Gasteiger partial charge on any atom is 0.233 e. The van der Waals surface area contributed by atoms with E-state index in [2.05, 4.69) is 28.2 Å². The molecule has 0 aliphatic rings. The van der Waals surface area contributed by atoms with Gasteiger partial charge in [0.25, 0.3) is 0 Å². The lowest BCUT2D eigenvalue weighted by Crippen LogP contribution is -2.31. The highest BCUT2D eigenvalue weighted by molar-refractivity contribution is 9.10. The van der Waals surface area contributed by atoms with Crippen LogP contribution in [0.15, 0.2) is 0 Å². The SMILES string of the molecule is CCCOCCCNC(=O)C(Br)CC. The molecule has 0 rings (SSSR count). The number of ether oxygens (including phenoxy) is 1. The topological polar surface area (TPSA) is 38.3 Å². The molecular weight excluding hydrogens is 246 g/mol. The molecule has 0 saturated heterocycles. The molecule has 1 amide bonds. The van der Waals surface area contributed by atoms with E-state index in [1.54, 1.807) is 0 Å². The lowest BCUT2D eigenvalue weighted by atomic mass is 10.3. The van der Waals surface area contributed by atoms with Crippen LogP contribution in [0.1, 0.15) is 33.1 Å². The van der Waals surface area contributed by atoms with Crippen molar-refractivity contribution in [3.8, 4) is 0 Å². The van der Waals surface area contributed by atoms with E-state index in [-0.39, 0.29) is 10.7 Å². The lowest BCUT2D eigenvalue weighted by molar-refractivity contribution is -0.120. The first-order valence-electron chi connectivity index (χ1n) is 5.21. The molecule has 84 valence electrons. The molecule has 1 N–H and O–H groups in total. The lowest BCUT2D eigenvalue weighted by Gasteiger charge is -2.08. The highest BCUT2D eigenvalue weighted by atomic mass is 79.9. The highest BCUT2D eigenvalue weighted by Crippen LogP contribution is 2.03. The fourth-order valence-corrected chi connectivity index (χ4v) is 1.09. The van der Waals surface area contributed by atoms with Crippen molar-refractivity contribution in [1.29, 1.82) is 0 Å². The van der Waals surface area contributed by atoms with Crippen LogP contribution in [0.3, 0.4) is 0 Å². The number of rotatable bonds is 8. The first-order chi connectivity index (χ1) is 6.72. The third-order valence-electron chi connectivity index (χ3n) is 1.76. The zero-order valence-electron chi connectivity index (χ0n) is 9.01. The standard InChI is InChI=1S/C10H20BrNO2/c1-3-7-14-8-5-6-12-10(13)9(11)4-2/h9H,3-8H2,1-2H3,(H,12,13). The number of halogens is 1. The van der Waals surface area contributed by atoms with Crippen LogP contribution in [0, 0.1) is 0 Å². The summed E-state index contributed by atoms with van der Waals surface area (Å²) < 4.78 is 5.29. The Kier molecular flexibility index (Phi) is 9.40. The Morgan fingerprint density at radius 1 is 1.43 bits per heavy atom. The molecule has 0 heterocycles. The molecule has 14 heavy (non-hydrogen) atoms. The summed E-state index contributed by atoms with van der Waals surface area (Å²) in [7, 11) is 0. The van der Waals surface area contributed by atoms with Gasteiger partial charge >= 0.3 is 0 Å². The molecule has 0 spiro atoms. The predicted molar refractivity (Wildman–Crippen MR) is 61.7 cm³/mol. The molecule has 1 unspecified atom stereocenters. The van der Waals surface area contributed by atoms with Gasteiger partial charge in [0.05, 0.1) is 4.83 Å². The van der Waals surface area contributed by atoms with Gasteiger partial charge in [-0.15, -0.1) is 0 Å². The third-order valence-corrected chi connectivity index (χ3v) is 2.82. The first-order valence-corrected chi connectivity index (χ1v) is 6.13. The molecule has 0 aromatic rings. The Morgan fingerprint density at radius 3 is 2.71 bits per heavy atom. The molecule has 0 fully saturated rings. The predicted octanol–water partition coefficient (Wildman–Crippen LogP) is 2.09. The molecule has 3 nitrogen and oxygen atoms in total. The molecule has 0 saturated carbocycles. The van der Waals surface area contributed by atoms with Gasteiger partial charge in [0.15, 0.2) is 0 Å². The van der Waals surface area contributed by atoms with Crippen LogP contribution in [-0.4, -0.2) is 30.5 Å². The van der Waals surface area contributed by atoms with Gasteiger partial charge in [-0.3, -0.25) is 4.79 Å². The van der Waals surface area contributed by atoms with Crippen LogP contribution in [0.25, 0.3) is 0 Å². The summed E-state index contributed by atoms with van der Waals surface area (Å²) in [6, 6.07) is 0. The number of amides is 1. The quantitative estimate of drug-likeness (QED) is 0.539. The molecule has 0 radical (unpaired) electrons. The first kappa shape index (κ1) is 13.9. The van der Waals surface area contributed by atoms with Gasteiger partial charge in [-0.1, -0.05) is 29.8 Å². The molecule has 0 aromatic heterocycles. The van der Waals surface area contributed by atoms with Gasteiger partial charge < -0.3 is 10.1 Å². The van der Waals surface area contributed by atoms with Crippen LogP contribution in [0.4, 0.5) is 0 Å². The Hall–Kier alpha value is -0.0900. The van der Waals surface area contributed by atoms with Gasteiger partial charge in [-0.2, -0.15) is 0 Å².